The van der Waals surface area contributed by atoms with Crippen LogP contribution in [-0.2, 0) is 19.5 Å². The van der Waals surface area contributed by atoms with Crippen molar-refractivity contribution in [3.63, 3.8) is 0 Å². The fraction of sp³-hybridized carbons (Fsp3) is 0.321. The molecule has 1 fully saturated rings. The number of benzene rings is 2. The molecule has 8 nitrogen and oxygen atoms in total. The number of aryl methyl sites for hydroxylation is 1. The van der Waals surface area contributed by atoms with Gasteiger partial charge in [0.15, 0.2) is 5.78 Å². The Morgan fingerprint density at radius 1 is 0.889 bits per heavy atom. The fourth-order valence-corrected chi connectivity index (χ4v) is 4.58. The molecule has 8 heteroatoms. The average Bonchev–Trinajstić information content (AvgIpc) is 3.24. The van der Waals surface area contributed by atoms with Crippen LogP contribution in [0.3, 0.4) is 0 Å². The number of nitrogens with zero attached hydrogens (tertiary/aromatic N) is 3. The zero-order valence-electron chi connectivity index (χ0n) is 20.7. The summed E-state index contributed by atoms with van der Waals surface area (Å²) in [6.45, 7) is 5.44. The molecule has 0 spiro atoms. The van der Waals surface area contributed by atoms with Gasteiger partial charge >= 0.3 is 6.03 Å². The Hall–Kier alpha value is -3.91. The van der Waals surface area contributed by atoms with Crippen LogP contribution in [0, 0.1) is 6.92 Å². The lowest BCUT2D eigenvalue weighted by atomic mass is 10.1. The van der Waals surface area contributed by atoms with E-state index >= 15 is 0 Å². The first-order chi connectivity index (χ1) is 17.4. The molecular formula is C28H33N5O3. The molecule has 0 saturated carbocycles. The molecular weight excluding hydrogens is 454 g/mol. The lowest BCUT2D eigenvalue weighted by Gasteiger charge is -2.34. The SMILES string of the molecule is Cc1c(C(N)=O)cc(C(=O)CN2CCN(C(=O)NCc3ccccc3)CC2)n1CCc1ccccc1. The van der Waals surface area contributed by atoms with Crippen LogP contribution in [0.2, 0.25) is 0 Å². The Morgan fingerprint density at radius 2 is 1.50 bits per heavy atom. The molecule has 0 radical (unpaired) electrons. The molecule has 0 bridgehead atoms. The first-order valence-electron chi connectivity index (χ1n) is 12.3. The first kappa shape index (κ1) is 25.2. The van der Waals surface area contributed by atoms with Gasteiger partial charge in [-0.1, -0.05) is 60.7 Å². The highest BCUT2D eigenvalue weighted by molar-refractivity contribution is 6.01. The maximum Gasteiger partial charge on any atom is 0.317 e. The summed E-state index contributed by atoms with van der Waals surface area (Å²) >= 11 is 0. The number of Topliss-reactive ketones (excluding diaryl/α,β-unsaturated/α-hetero) is 1. The normalized spacial score (nSPS) is 14.0. The molecule has 2 heterocycles. The van der Waals surface area contributed by atoms with E-state index in [1.165, 1.54) is 0 Å². The number of nitrogens with two attached hydrogens (primary N) is 1. The first-order valence-corrected chi connectivity index (χ1v) is 12.3. The maximum absolute atomic E-state index is 13.3. The second kappa shape index (κ2) is 11.7. The molecule has 4 rings (SSSR count). The van der Waals surface area contributed by atoms with Gasteiger partial charge in [-0.05, 0) is 30.5 Å². The van der Waals surface area contributed by atoms with Crippen LogP contribution in [0.15, 0.2) is 66.7 Å². The number of amides is 3. The summed E-state index contributed by atoms with van der Waals surface area (Å²) in [5.41, 5.74) is 9.38. The molecule has 1 saturated heterocycles. The molecule has 1 aromatic heterocycles. The van der Waals surface area contributed by atoms with Crippen LogP contribution in [0.4, 0.5) is 4.79 Å². The van der Waals surface area contributed by atoms with E-state index in [1.807, 2.05) is 72.2 Å². The van der Waals surface area contributed by atoms with E-state index in [2.05, 4.69) is 10.2 Å². The van der Waals surface area contributed by atoms with Crippen molar-refractivity contribution in [1.82, 2.24) is 19.7 Å². The van der Waals surface area contributed by atoms with Gasteiger partial charge in [0.1, 0.15) is 0 Å². The number of hydrogen-bond acceptors (Lipinski definition) is 4. The summed E-state index contributed by atoms with van der Waals surface area (Å²) in [6, 6.07) is 21.4. The highest BCUT2D eigenvalue weighted by Crippen LogP contribution is 2.18. The number of aromatic nitrogens is 1. The van der Waals surface area contributed by atoms with Crippen molar-refractivity contribution in [2.24, 2.45) is 5.73 Å². The Bertz CT molecular complexity index is 1200. The second-order valence-electron chi connectivity index (χ2n) is 9.11. The maximum atomic E-state index is 13.3. The molecule has 1 aliphatic heterocycles. The molecule has 188 valence electrons. The van der Waals surface area contributed by atoms with Crippen molar-refractivity contribution >= 4 is 17.7 Å². The fourth-order valence-electron chi connectivity index (χ4n) is 4.58. The van der Waals surface area contributed by atoms with Gasteiger partial charge in [0.25, 0.3) is 5.91 Å². The molecule has 3 N–H and O–H groups in total. The van der Waals surface area contributed by atoms with E-state index in [0.717, 1.165) is 17.5 Å². The number of rotatable bonds is 9. The number of ketones is 1. The van der Waals surface area contributed by atoms with Crippen LogP contribution >= 0.6 is 0 Å². The number of primary amides is 1. The highest BCUT2D eigenvalue weighted by atomic mass is 16.2. The topological polar surface area (TPSA) is 101 Å². The lowest BCUT2D eigenvalue weighted by molar-refractivity contribution is 0.0868. The second-order valence-corrected chi connectivity index (χ2v) is 9.11. The number of piperazine rings is 1. The van der Waals surface area contributed by atoms with E-state index in [9.17, 15) is 14.4 Å². The summed E-state index contributed by atoms with van der Waals surface area (Å²) < 4.78 is 1.91. The van der Waals surface area contributed by atoms with Crippen LogP contribution in [-0.4, -0.2) is 64.8 Å². The third-order valence-corrected chi connectivity index (χ3v) is 6.70. The quantitative estimate of drug-likeness (QED) is 0.453. The van der Waals surface area contributed by atoms with Gasteiger partial charge < -0.3 is 20.5 Å². The van der Waals surface area contributed by atoms with Gasteiger partial charge in [0.2, 0.25) is 0 Å². The molecule has 2 aromatic carbocycles. The van der Waals surface area contributed by atoms with Crippen molar-refractivity contribution in [2.75, 3.05) is 32.7 Å². The van der Waals surface area contributed by atoms with Gasteiger partial charge in [0.05, 0.1) is 17.8 Å². The Balaban J connectivity index is 1.34. The number of nitrogens with one attached hydrogen (secondary N) is 1. The Kier molecular flexibility index (Phi) is 8.17. The standard InChI is InChI=1S/C28H33N5O3/c1-21-24(27(29)35)18-25(33(21)13-12-22-8-4-2-5-9-22)26(34)20-31-14-16-32(17-15-31)28(36)30-19-23-10-6-3-7-11-23/h2-11,18H,12-17,19-20H2,1H3,(H2,29,35)(H,30,36). The molecule has 3 aromatic rings. The third-order valence-electron chi connectivity index (χ3n) is 6.70. The molecule has 36 heavy (non-hydrogen) atoms. The van der Waals surface area contributed by atoms with Crippen LogP contribution in [0.25, 0.3) is 0 Å². The molecule has 0 unspecified atom stereocenters. The predicted molar refractivity (Wildman–Crippen MR) is 139 cm³/mol. The van der Waals surface area contributed by atoms with E-state index in [1.54, 1.807) is 11.0 Å². The minimum Gasteiger partial charge on any atom is -0.366 e. The summed E-state index contributed by atoms with van der Waals surface area (Å²) in [4.78, 5) is 41.6. The van der Waals surface area contributed by atoms with Crippen LogP contribution in [0.5, 0.6) is 0 Å². The number of carbonyl (C=O) groups is 3. The largest absolute Gasteiger partial charge is 0.366 e. The van der Waals surface area contributed by atoms with Crippen molar-refractivity contribution in [1.29, 1.82) is 0 Å². The van der Waals surface area contributed by atoms with E-state index in [-0.39, 0.29) is 18.4 Å². The van der Waals surface area contributed by atoms with Gasteiger partial charge in [-0.15, -0.1) is 0 Å². The van der Waals surface area contributed by atoms with Crippen LogP contribution in [0.1, 0.15) is 37.7 Å². The van der Waals surface area contributed by atoms with Gasteiger partial charge in [-0.3, -0.25) is 14.5 Å². The summed E-state index contributed by atoms with van der Waals surface area (Å²) in [5, 5.41) is 2.96. The highest BCUT2D eigenvalue weighted by Gasteiger charge is 2.25. The summed E-state index contributed by atoms with van der Waals surface area (Å²) in [5.74, 6) is -0.587. The number of hydrogen-bond donors (Lipinski definition) is 2. The zero-order valence-corrected chi connectivity index (χ0v) is 20.7. The van der Waals surface area contributed by atoms with Crippen LogP contribution < -0.4 is 11.1 Å². The smallest absolute Gasteiger partial charge is 0.317 e. The minimum atomic E-state index is -0.532. The van der Waals surface area contributed by atoms with E-state index in [0.29, 0.717) is 56.2 Å². The Labute approximate surface area is 211 Å². The zero-order chi connectivity index (χ0) is 25.5. The van der Waals surface area contributed by atoms with E-state index in [4.69, 9.17) is 5.73 Å². The summed E-state index contributed by atoms with van der Waals surface area (Å²) in [7, 11) is 0. The van der Waals surface area contributed by atoms with Crippen molar-refractivity contribution in [3.8, 4) is 0 Å². The van der Waals surface area contributed by atoms with Crippen molar-refractivity contribution in [3.05, 3.63) is 94.8 Å². The average molecular weight is 488 g/mol. The minimum absolute atomic E-state index is 0.0550. The lowest BCUT2D eigenvalue weighted by Crippen LogP contribution is -2.52. The van der Waals surface area contributed by atoms with Gasteiger partial charge in [-0.2, -0.15) is 0 Å². The molecule has 3 amide bonds. The molecule has 0 atom stereocenters. The van der Waals surface area contributed by atoms with Gasteiger partial charge in [0, 0.05) is 45.0 Å². The monoisotopic (exact) mass is 487 g/mol. The Morgan fingerprint density at radius 3 is 2.11 bits per heavy atom. The van der Waals surface area contributed by atoms with Crippen molar-refractivity contribution < 1.29 is 14.4 Å². The predicted octanol–water partition coefficient (Wildman–Crippen LogP) is 2.85. The third kappa shape index (κ3) is 6.20. The van der Waals surface area contributed by atoms with Crippen molar-refractivity contribution in [2.45, 2.75) is 26.4 Å². The molecule has 1 aliphatic rings. The van der Waals surface area contributed by atoms with E-state index < -0.39 is 5.91 Å². The van der Waals surface area contributed by atoms with Gasteiger partial charge in [-0.25, -0.2) is 4.79 Å². The molecule has 0 aliphatic carbocycles. The number of carbonyl (C=O) groups excluding carboxylic acids is 3. The summed E-state index contributed by atoms with van der Waals surface area (Å²) in [6.07, 6.45) is 0.742. The number of urea groups is 1.